The fourth-order valence-corrected chi connectivity index (χ4v) is 5.48. The smallest absolute Gasteiger partial charge is 0.410 e. The molecular formula is C19H23ClN2O6S. The van der Waals surface area contributed by atoms with Gasteiger partial charge in [-0.3, -0.25) is 4.79 Å². The number of nitrogens with zero attached hydrogens (tertiary/aromatic N) is 2. The molecule has 2 unspecified atom stereocenters. The standard InChI is InChI=1S/C19H23ClN2O6S/c1-19(2,3)28-18(25)21-9-13-8-17(24)15(11-23)16(10-21)22(13)29(26,27)14-6-4-12(20)5-7-14/h4-7,11,13,16,23H,8-10H2,1-3H3/b15-11+. The molecular weight excluding hydrogens is 420 g/mol. The highest BCUT2D eigenvalue weighted by Crippen LogP contribution is 2.36. The van der Waals surface area contributed by atoms with E-state index in [1.165, 1.54) is 33.5 Å². The van der Waals surface area contributed by atoms with Crippen LogP contribution in [0.25, 0.3) is 0 Å². The first-order valence-electron chi connectivity index (χ1n) is 9.08. The lowest BCUT2D eigenvalue weighted by molar-refractivity contribution is -0.120. The number of halogens is 1. The number of sulfonamides is 1. The maximum absolute atomic E-state index is 13.3. The molecule has 3 rings (SSSR count). The number of Topliss-reactive ketones (excluding diaryl/α,β-unsaturated/α-hetero) is 1. The fraction of sp³-hybridized carbons (Fsp3) is 0.474. The first-order chi connectivity index (χ1) is 13.4. The van der Waals surface area contributed by atoms with E-state index in [-0.39, 0.29) is 35.8 Å². The molecule has 1 N–H and O–H groups in total. The van der Waals surface area contributed by atoms with E-state index < -0.39 is 33.8 Å². The lowest BCUT2D eigenvalue weighted by Gasteiger charge is -2.48. The summed E-state index contributed by atoms with van der Waals surface area (Å²) < 4.78 is 33.2. The molecule has 1 aromatic rings. The fourth-order valence-electron chi connectivity index (χ4n) is 3.59. The number of rotatable bonds is 2. The van der Waals surface area contributed by atoms with Gasteiger partial charge in [0.25, 0.3) is 0 Å². The Morgan fingerprint density at radius 1 is 1.24 bits per heavy atom. The van der Waals surface area contributed by atoms with Crippen LogP contribution in [0.2, 0.25) is 5.02 Å². The molecule has 29 heavy (non-hydrogen) atoms. The van der Waals surface area contributed by atoms with Crippen molar-refractivity contribution in [1.29, 1.82) is 0 Å². The van der Waals surface area contributed by atoms with Crippen molar-refractivity contribution in [1.82, 2.24) is 9.21 Å². The average molecular weight is 443 g/mol. The second-order valence-corrected chi connectivity index (χ2v) is 10.3. The molecule has 0 saturated carbocycles. The van der Waals surface area contributed by atoms with Crippen LogP contribution in [0.15, 0.2) is 41.0 Å². The Kier molecular flexibility index (Phi) is 5.68. The Balaban J connectivity index is 1.98. The van der Waals surface area contributed by atoms with Gasteiger partial charge < -0.3 is 14.7 Å². The minimum atomic E-state index is -4.00. The number of carbonyl (C=O) groups is 2. The Hall–Kier alpha value is -2.10. The molecule has 2 saturated heterocycles. The summed E-state index contributed by atoms with van der Waals surface area (Å²) in [5, 5.41) is 10.0. The molecule has 158 valence electrons. The van der Waals surface area contributed by atoms with E-state index in [0.29, 0.717) is 11.3 Å². The van der Waals surface area contributed by atoms with E-state index in [2.05, 4.69) is 0 Å². The highest BCUT2D eigenvalue weighted by atomic mass is 35.5. The van der Waals surface area contributed by atoms with Crippen molar-refractivity contribution < 1.29 is 27.9 Å². The van der Waals surface area contributed by atoms with Gasteiger partial charge in [-0.2, -0.15) is 4.31 Å². The first-order valence-corrected chi connectivity index (χ1v) is 10.9. The summed E-state index contributed by atoms with van der Waals surface area (Å²) in [5.74, 6) is -0.339. The molecule has 2 atom stereocenters. The molecule has 1 amide bonds. The Labute approximate surface area is 174 Å². The minimum Gasteiger partial charge on any atom is -0.515 e. The second-order valence-electron chi connectivity index (χ2n) is 8.06. The predicted octanol–water partition coefficient (Wildman–Crippen LogP) is 2.73. The van der Waals surface area contributed by atoms with Gasteiger partial charge in [-0.05, 0) is 45.0 Å². The topological polar surface area (TPSA) is 104 Å². The Morgan fingerprint density at radius 2 is 1.86 bits per heavy atom. The number of amides is 1. The zero-order valence-electron chi connectivity index (χ0n) is 16.3. The Bertz CT molecular complexity index is 952. The van der Waals surface area contributed by atoms with Crippen LogP contribution in [0.1, 0.15) is 27.2 Å². The summed E-state index contributed by atoms with van der Waals surface area (Å²) in [5.41, 5.74) is -0.767. The third-order valence-electron chi connectivity index (χ3n) is 4.77. The molecule has 0 aliphatic carbocycles. The number of piperazine rings is 1. The number of hydrogen-bond acceptors (Lipinski definition) is 6. The molecule has 2 aliphatic rings. The summed E-state index contributed by atoms with van der Waals surface area (Å²) in [6, 6.07) is 3.94. The first kappa shape index (κ1) is 21.6. The molecule has 0 radical (unpaired) electrons. The van der Waals surface area contributed by atoms with Crippen molar-refractivity contribution in [3.05, 3.63) is 41.1 Å². The third-order valence-corrected chi connectivity index (χ3v) is 7.00. The van der Waals surface area contributed by atoms with Crippen LogP contribution < -0.4 is 0 Å². The van der Waals surface area contributed by atoms with Gasteiger partial charge in [0, 0.05) is 30.1 Å². The van der Waals surface area contributed by atoms with Crippen LogP contribution in [0.3, 0.4) is 0 Å². The van der Waals surface area contributed by atoms with Gasteiger partial charge in [-0.1, -0.05) is 11.6 Å². The third kappa shape index (κ3) is 4.26. The van der Waals surface area contributed by atoms with Crippen molar-refractivity contribution >= 4 is 33.5 Å². The highest BCUT2D eigenvalue weighted by Gasteiger charge is 2.51. The molecule has 0 aromatic heterocycles. The number of likely N-dealkylation sites (tertiary alicyclic amines) is 1. The van der Waals surface area contributed by atoms with E-state index in [0.717, 1.165) is 0 Å². The van der Waals surface area contributed by atoms with E-state index in [4.69, 9.17) is 16.3 Å². The molecule has 8 nitrogen and oxygen atoms in total. The van der Waals surface area contributed by atoms with E-state index in [1.54, 1.807) is 20.8 Å². The van der Waals surface area contributed by atoms with Crippen LogP contribution in [0.4, 0.5) is 4.79 Å². The van der Waals surface area contributed by atoms with Gasteiger partial charge in [0.1, 0.15) is 5.60 Å². The average Bonchev–Trinajstić information content (AvgIpc) is 2.60. The molecule has 1 aromatic carbocycles. The molecule has 10 heteroatoms. The molecule has 2 aliphatic heterocycles. The largest absolute Gasteiger partial charge is 0.515 e. The van der Waals surface area contributed by atoms with Crippen molar-refractivity contribution in [2.45, 2.75) is 49.8 Å². The maximum Gasteiger partial charge on any atom is 0.410 e. The molecule has 0 spiro atoms. The number of piperidine rings is 1. The van der Waals surface area contributed by atoms with Gasteiger partial charge in [0.05, 0.1) is 23.2 Å². The second kappa shape index (κ2) is 7.62. The summed E-state index contributed by atoms with van der Waals surface area (Å²) in [6.45, 7) is 5.11. The van der Waals surface area contributed by atoms with Crippen LogP contribution >= 0.6 is 11.6 Å². The monoisotopic (exact) mass is 442 g/mol. The van der Waals surface area contributed by atoms with E-state index in [9.17, 15) is 23.1 Å². The van der Waals surface area contributed by atoms with Crippen LogP contribution in [-0.4, -0.2) is 65.4 Å². The Morgan fingerprint density at radius 3 is 2.41 bits per heavy atom. The van der Waals surface area contributed by atoms with Gasteiger partial charge in [0.15, 0.2) is 5.78 Å². The van der Waals surface area contributed by atoms with Crippen molar-refractivity contribution in [2.24, 2.45) is 0 Å². The summed E-state index contributed by atoms with van der Waals surface area (Å²) in [7, 11) is -4.00. The van der Waals surface area contributed by atoms with E-state index in [1.807, 2.05) is 0 Å². The summed E-state index contributed by atoms with van der Waals surface area (Å²) in [6.07, 6.45) is -0.107. The lowest BCUT2D eigenvalue weighted by Crippen LogP contribution is -2.66. The number of fused-ring (bicyclic) bond motifs is 2. The quantitative estimate of drug-likeness (QED) is 0.557. The molecule has 2 fully saturated rings. The van der Waals surface area contributed by atoms with Gasteiger partial charge in [-0.25, -0.2) is 13.2 Å². The number of carbonyl (C=O) groups excluding carboxylic acids is 2. The molecule has 2 bridgehead atoms. The number of aliphatic hydroxyl groups excluding tert-OH is 1. The zero-order chi connectivity index (χ0) is 21.6. The summed E-state index contributed by atoms with van der Waals surface area (Å²) in [4.78, 5) is 26.3. The highest BCUT2D eigenvalue weighted by molar-refractivity contribution is 7.89. The van der Waals surface area contributed by atoms with Crippen LogP contribution in [-0.2, 0) is 19.6 Å². The van der Waals surface area contributed by atoms with Crippen LogP contribution in [0.5, 0.6) is 0 Å². The van der Waals surface area contributed by atoms with E-state index >= 15 is 0 Å². The maximum atomic E-state index is 13.3. The lowest BCUT2D eigenvalue weighted by atomic mass is 9.89. The number of aliphatic hydroxyl groups is 1. The zero-order valence-corrected chi connectivity index (χ0v) is 17.9. The van der Waals surface area contributed by atoms with Crippen molar-refractivity contribution in [3.63, 3.8) is 0 Å². The van der Waals surface area contributed by atoms with Crippen molar-refractivity contribution in [2.75, 3.05) is 13.1 Å². The van der Waals surface area contributed by atoms with Crippen LogP contribution in [0, 0.1) is 0 Å². The normalized spacial score (nSPS) is 24.6. The van der Waals surface area contributed by atoms with Gasteiger partial charge >= 0.3 is 6.09 Å². The predicted molar refractivity (Wildman–Crippen MR) is 106 cm³/mol. The number of ketones is 1. The number of ether oxygens (including phenoxy) is 1. The number of hydrogen-bond donors (Lipinski definition) is 1. The SMILES string of the molecule is CC(C)(C)OC(=O)N1CC2CC(=O)/C(=C/O)C(C1)N2S(=O)(=O)c1ccc(Cl)cc1. The van der Waals surface area contributed by atoms with Crippen molar-refractivity contribution in [3.8, 4) is 0 Å². The number of benzene rings is 1. The molecule has 2 heterocycles. The summed E-state index contributed by atoms with van der Waals surface area (Å²) >= 11 is 5.86. The van der Waals surface area contributed by atoms with Gasteiger partial charge in [0.2, 0.25) is 10.0 Å². The minimum absolute atomic E-state index is 0.0165. The van der Waals surface area contributed by atoms with Gasteiger partial charge in [-0.15, -0.1) is 0 Å².